The molecule has 0 unspecified atom stereocenters. The van der Waals surface area contributed by atoms with Gasteiger partial charge in [0.05, 0.1) is 0 Å². The summed E-state index contributed by atoms with van der Waals surface area (Å²) < 4.78 is 0. The van der Waals surface area contributed by atoms with Gasteiger partial charge in [-0.1, -0.05) is 74.5 Å². The highest BCUT2D eigenvalue weighted by Crippen LogP contribution is 2.28. The number of piperidine rings is 1. The maximum Gasteiger partial charge on any atom is 0.225 e. The monoisotopic (exact) mass is 406 g/mol. The molecule has 1 fully saturated rings. The smallest absolute Gasteiger partial charge is 0.225 e. The van der Waals surface area contributed by atoms with Crippen molar-refractivity contribution >= 4 is 11.8 Å². The lowest BCUT2D eigenvalue weighted by Crippen LogP contribution is -2.48. The molecule has 2 aromatic rings. The van der Waals surface area contributed by atoms with Crippen LogP contribution in [0, 0.1) is 5.92 Å². The quantitative estimate of drug-likeness (QED) is 0.688. The van der Waals surface area contributed by atoms with Crippen LogP contribution in [0.5, 0.6) is 0 Å². The van der Waals surface area contributed by atoms with Gasteiger partial charge in [-0.3, -0.25) is 9.59 Å². The van der Waals surface area contributed by atoms with Crippen LogP contribution in [0.25, 0.3) is 0 Å². The first-order chi connectivity index (χ1) is 14.6. The summed E-state index contributed by atoms with van der Waals surface area (Å²) in [5.41, 5.74) is 2.31. The fourth-order valence-electron chi connectivity index (χ4n) is 4.41. The van der Waals surface area contributed by atoms with Gasteiger partial charge in [-0.25, -0.2) is 0 Å². The van der Waals surface area contributed by atoms with E-state index in [0.717, 1.165) is 49.9 Å². The van der Waals surface area contributed by atoms with Gasteiger partial charge in [-0.2, -0.15) is 0 Å². The Morgan fingerprint density at radius 2 is 1.40 bits per heavy atom. The molecule has 0 saturated carbocycles. The molecule has 0 spiro atoms. The fourth-order valence-corrected chi connectivity index (χ4v) is 4.41. The first-order valence-corrected chi connectivity index (χ1v) is 11.3. The molecule has 0 radical (unpaired) electrons. The Balaban J connectivity index is 1.57. The number of benzene rings is 2. The molecule has 1 aliphatic heterocycles. The molecule has 1 heterocycles. The standard InChI is InChI=1S/C26H34N2O2/c1-3-20(4-2)26(30)28-17-15-23(16-18-28)27-25(29)19-24(21-11-7-5-8-12-21)22-13-9-6-10-14-22/h5-14,20,23-24H,3-4,15-19H2,1-2H3,(H,27,29). The van der Waals surface area contributed by atoms with Crippen LogP contribution < -0.4 is 5.32 Å². The second kappa shape index (κ2) is 11.0. The third-order valence-electron chi connectivity index (χ3n) is 6.30. The fraction of sp³-hybridized carbons (Fsp3) is 0.462. The summed E-state index contributed by atoms with van der Waals surface area (Å²) in [5.74, 6) is 0.535. The molecule has 0 bridgehead atoms. The van der Waals surface area contributed by atoms with Crippen molar-refractivity contribution in [1.29, 1.82) is 0 Å². The Kier molecular flexibility index (Phi) is 8.06. The molecule has 0 aliphatic carbocycles. The molecule has 0 aromatic heterocycles. The van der Waals surface area contributed by atoms with Crippen LogP contribution in [0.2, 0.25) is 0 Å². The Bertz CT molecular complexity index is 755. The number of carbonyl (C=O) groups is 2. The number of carbonyl (C=O) groups excluding carboxylic acids is 2. The zero-order valence-corrected chi connectivity index (χ0v) is 18.2. The van der Waals surface area contributed by atoms with E-state index in [9.17, 15) is 9.59 Å². The summed E-state index contributed by atoms with van der Waals surface area (Å²) in [6.45, 7) is 5.63. The van der Waals surface area contributed by atoms with Crippen molar-refractivity contribution in [2.45, 2.75) is 57.9 Å². The van der Waals surface area contributed by atoms with Crippen molar-refractivity contribution in [3.05, 3.63) is 71.8 Å². The molecule has 160 valence electrons. The first-order valence-electron chi connectivity index (χ1n) is 11.3. The van der Waals surface area contributed by atoms with E-state index in [1.54, 1.807) is 0 Å². The summed E-state index contributed by atoms with van der Waals surface area (Å²) in [5, 5.41) is 3.23. The van der Waals surface area contributed by atoms with Crippen LogP contribution >= 0.6 is 0 Å². The minimum Gasteiger partial charge on any atom is -0.353 e. The largest absolute Gasteiger partial charge is 0.353 e. The molecule has 3 rings (SSSR count). The van der Waals surface area contributed by atoms with Crippen molar-refractivity contribution in [3.63, 3.8) is 0 Å². The molecular formula is C26H34N2O2. The highest BCUT2D eigenvalue weighted by molar-refractivity contribution is 5.79. The maximum absolute atomic E-state index is 12.9. The Labute approximate surface area is 180 Å². The van der Waals surface area contributed by atoms with Gasteiger partial charge in [-0.15, -0.1) is 0 Å². The number of rotatable bonds is 8. The molecule has 1 saturated heterocycles. The van der Waals surface area contributed by atoms with Crippen molar-refractivity contribution < 1.29 is 9.59 Å². The van der Waals surface area contributed by atoms with Crippen molar-refractivity contribution in [2.24, 2.45) is 5.92 Å². The van der Waals surface area contributed by atoms with Crippen molar-refractivity contribution in [3.8, 4) is 0 Å². The van der Waals surface area contributed by atoms with Crippen LogP contribution in [0.3, 0.4) is 0 Å². The topological polar surface area (TPSA) is 49.4 Å². The molecule has 4 heteroatoms. The van der Waals surface area contributed by atoms with Crippen molar-refractivity contribution in [1.82, 2.24) is 10.2 Å². The van der Waals surface area contributed by atoms with Crippen LogP contribution in [0.1, 0.15) is 63.0 Å². The summed E-state index contributed by atoms with van der Waals surface area (Å²) in [6, 6.07) is 20.6. The average molecular weight is 407 g/mol. The molecule has 4 nitrogen and oxygen atoms in total. The van der Waals surface area contributed by atoms with E-state index in [4.69, 9.17) is 0 Å². The minimum absolute atomic E-state index is 0.0453. The SMILES string of the molecule is CCC(CC)C(=O)N1CCC(NC(=O)CC(c2ccccc2)c2ccccc2)CC1. The van der Waals surface area contributed by atoms with Gasteiger partial charge in [0, 0.05) is 37.4 Å². The number of likely N-dealkylation sites (tertiary alicyclic amines) is 1. The van der Waals surface area contributed by atoms with E-state index in [-0.39, 0.29) is 29.7 Å². The number of nitrogens with one attached hydrogen (secondary N) is 1. The predicted octanol–water partition coefficient (Wildman–Crippen LogP) is 4.75. The van der Waals surface area contributed by atoms with Gasteiger partial charge < -0.3 is 10.2 Å². The summed E-state index contributed by atoms with van der Waals surface area (Å²) in [7, 11) is 0. The highest BCUT2D eigenvalue weighted by Gasteiger charge is 2.28. The lowest BCUT2D eigenvalue weighted by molar-refractivity contribution is -0.137. The Morgan fingerprint density at radius 1 is 0.900 bits per heavy atom. The zero-order chi connectivity index (χ0) is 21.3. The molecule has 30 heavy (non-hydrogen) atoms. The zero-order valence-electron chi connectivity index (χ0n) is 18.2. The van der Waals surface area contributed by atoms with E-state index < -0.39 is 0 Å². The van der Waals surface area contributed by atoms with E-state index in [1.807, 2.05) is 41.3 Å². The van der Waals surface area contributed by atoms with Gasteiger partial charge in [0.2, 0.25) is 11.8 Å². The van der Waals surface area contributed by atoms with Gasteiger partial charge in [0.1, 0.15) is 0 Å². The summed E-state index contributed by atoms with van der Waals surface area (Å²) in [6.07, 6.45) is 3.89. The van der Waals surface area contributed by atoms with E-state index in [0.29, 0.717) is 6.42 Å². The highest BCUT2D eigenvalue weighted by atomic mass is 16.2. The third kappa shape index (κ3) is 5.71. The van der Waals surface area contributed by atoms with E-state index in [1.165, 1.54) is 0 Å². The van der Waals surface area contributed by atoms with Gasteiger partial charge in [0.15, 0.2) is 0 Å². The molecule has 1 aliphatic rings. The van der Waals surface area contributed by atoms with E-state index in [2.05, 4.69) is 43.4 Å². The Hall–Kier alpha value is -2.62. The number of hydrogen-bond donors (Lipinski definition) is 1. The van der Waals surface area contributed by atoms with Gasteiger partial charge in [0.25, 0.3) is 0 Å². The molecule has 0 atom stereocenters. The van der Waals surface area contributed by atoms with Gasteiger partial charge >= 0.3 is 0 Å². The van der Waals surface area contributed by atoms with Crippen LogP contribution in [-0.2, 0) is 9.59 Å². The van der Waals surface area contributed by atoms with Crippen LogP contribution in [0.15, 0.2) is 60.7 Å². The second-order valence-corrected chi connectivity index (χ2v) is 8.26. The number of amides is 2. The number of hydrogen-bond acceptors (Lipinski definition) is 2. The maximum atomic E-state index is 12.9. The molecule has 2 aromatic carbocycles. The van der Waals surface area contributed by atoms with Crippen molar-refractivity contribution in [2.75, 3.05) is 13.1 Å². The molecular weight excluding hydrogens is 372 g/mol. The minimum atomic E-state index is 0.0453. The second-order valence-electron chi connectivity index (χ2n) is 8.26. The summed E-state index contributed by atoms with van der Waals surface area (Å²) >= 11 is 0. The lowest BCUT2D eigenvalue weighted by atomic mass is 9.88. The summed E-state index contributed by atoms with van der Waals surface area (Å²) in [4.78, 5) is 27.5. The normalized spacial score (nSPS) is 14.9. The van der Waals surface area contributed by atoms with Gasteiger partial charge in [-0.05, 0) is 36.8 Å². The third-order valence-corrected chi connectivity index (χ3v) is 6.30. The molecule has 1 N–H and O–H groups in total. The lowest BCUT2D eigenvalue weighted by Gasteiger charge is -2.34. The van der Waals surface area contributed by atoms with Crippen LogP contribution in [0.4, 0.5) is 0 Å². The Morgan fingerprint density at radius 3 is 1.87 bits per heavy atom. The first kappa shape index (κ1) is 22.1. The predicted molar refractivity (Wildman–Crippen MR) is 121 cm³/mol. The molecule has 2 amide bonds. The average Bonchev–Trinajstić information content (AvgIpc) is 2.80. The van der Waals surface area contributed by atoms with E-state index >= 15 is 0 Å². The van der Waals surface area contributed by atoms with Crippen LogP contribution in [-0.4, -0.2) is 35.8 Å². The number of nitrogens with zero attached hydrogens (tertiary/aromatic N) is 1.